The first-order chi connectivity index (χ1) is 10.4. The van der Waals surface area contributed by atoms with Crippen molar-refractivity contribution in [2.45, 2.75) is 31.5 Å². The van der Waals surface area contributed by atoms with Crippen LogP contribution in [0.1, 0.15) is 25.5 Å². The van der Waals surface area contributed by atoms with E-state index in [1.807, 2.05) is 30.3 Å². The Balaban J connectivity index is 1.90. The molecule has 2 atom stereocenters. The summed E-state index contributed by atoms with van der Waals surface area (Å²) in [4.78, 5) is 25.9. The molecule has 0 unspecified atom stereocenters. The molecule has 2 fully saturated rings. The van der Waals surface area contributed by atoms with Crippen molar-refractivity contribution in [1.82, 2.24) is 10.2 Å². The van der Waals surface area contributed by atoms with E-state index in [-0.39, 0.29) is 11.8 Å². The van der Waals surface area contributed by atoms with Crippen molar-refractivity contribution in [1.29, 1.82) is 0 Å². The summed E-state index contributed by atoms with van der Waals surface area (Å²) in [7, 11) is 0. The van der Waals surface area contributed by atoms with E-state index in [1.54, 1.807) is 13.8 Å². The lowest BCUT2D eigenvalue weighted by Crippen LogP contribution is -2.53. The van der Waals surface area contributed by atoms with Crippen molar-refractivity contribution in [2.24, 2.45) is 0 Å². The number of imide groups is 1. The van der Waals surface area contributed by atoms with Crippen LogP contribution >= 0.6 is 12.2 Å². The first kappa shape index (κ1) is 14.8. The van der Waals surface area contributed by atoms with Crippen molar-refractivity contribution in [2.75, 3.05) is 6.61 Å². The van der Waals surface area contributed by atoms with Crippen LogP contribution in [0.15, 0.2) is 30.3 Å². The van der Waals surface area contributed by atoms with Gasteiger partial charge < -0.3 is 14.8 Å². The molecule has 1 aromatic carbocycles. The van der Waals surface area contributed by atoms with E-state index >= 15 is 0 Å². The topological polar surface area (TPSA) is 67.9 Å². The minimum Gasteiger partial charge on any atom is -0.460 e. The molecule has 0 aromatic heterocycles. The minimum absolute atomic E-state index is 0.151. The molecule has 2 amide bonds. The molecule has 0 spiro atoms. The smallest absolute Gasteiger partial charge is 0.417 e. The number of hydrogen-bond acceptors (Lipinski definition) is 5. The molecule has 0 radical (unpaired) electrons. The molecule has 22 heavy (non-hydrogen) atoms. The highest BCUT2D eigenvalue weighted by Crippen LogP contribution is 2.31. The first-order valence-electron chi connectivity index (χ1n) is 6.93. The van der Waals surface area contributed by atoms with Gasteiger partial charge in [0.2, 0.25) is 0 Å². The number of thiocarbonyl (C=S) groups is 1. The minimum atomic E-state index is -0.750. The van der Waals surface area contributed by atoms with Gasteiger partial charge in [-0.1, -0.05) is 30.3 Å². The van der Waals surface area contributed by atoms with Gasteiger partial charge in [0.15, 0.2) is 12.1 Å². The predicted molar refractivity (Wildman–Crippen MR) is 82.1 cm³/mol. The summed E-state index contributed by atoms with van der Waals surface area (Å²) < 4.78 is 10.6. The highest BCUT2D eigenvalue weighted by atomic mass is 32.1. The second kappa shape index (κ2) is 5.24. The second-order valence-corrected chi connectivity index (χ2v) is 6.27. The number of nitrogens with one attached hydrogen (secondary N) is 1. The van der Waals surface area contributed by atoms with Crippen LogP contribution in [0, 0.1) is 0 Å². The van der Waals surface area contributed by atoms with E-state index in [0.717, 1.165) is 10.5 Å². The Morgan fingerprint density at radius 3 is 2.64 bits per heavy atom. The SMILES string of the molecule is CC1(C)COC(=O)N1C(=O)[C@@H]1NC(=S)O[C@H]1c1ccccc1. The Kier molecular flexibility index (Phi) is 3.52. The summed E-state index contributed by atoms with van der Waals surface area (Å²) in [6.07, 6.45) is -1.20. The van der Waals surface area contributed by atoms with Gasteiger partial charge in [-0.3, -0.25) is 4.79 Å². The molecule has 116 valence electrons. The third-order valence-electron chi connectivity index (χ3n) is 3.76. The molecule has 2 aliphatic heterocycles. The van der Waals surface area contributed by atoms with Gasteiger partial charge in [-0.15, -0.1) is 0 Å². The monoisotopic (exact) mass is 320 g/mol. The molecule has 3 rings (SSSR count). The van der Waals surface area contributed by atoms with Crippen LogP contribution in [0.3, 0.4) is 0 Å². The lowest BCUT2D eigenvalue weighted by Gasteiger charge is -2.29. The number of hydrogen-bond donors (Lipinski definition) is 1. The second-order valence-electron chi connectivity index (χ2n) is 5.90. The lowest BCUT2D eigenvalue weighted by atomic mass is 9.99. The maximum Gasteiger partial charge on any atom is 0.417 e. The zero-order valence-corrected chi connectivity index (χ0v) is 13.1. The molecule has 1 N–H and O–H groups in total. The van der Waals surface area contributed by atoms with E-state index < -0.39 is 29.7 Å². The van der Waals surface area contributed by atoms with E-state index in [1.165, 1.54) is 0 Å². The van der Waals surface area contributed by atoms with Crippen LogP contribution in [-0.2, 0) is 14.3 Å². The van der Waals surface area contributed by atoms with Gasteiger partial charge in [0.1, 0.15) is 6.61 Å². The maximum absolute atomic E-state index is 12.8. The fourth-order valence-corrected chi connectivity index (χ4v) is 2.89. The summed E-state index contributed by atoms with van der Waals surface area (Å²) in [5.41, 5.74) is 0.125. The molecule has 1 aromatic rings. The third-order valence-corrected chi connectivity index (χ3v) is 3.98. The number of amides is 2. The van der Waals surface area contributed by atoms with Crippen molar-refractivity contribution in [3.63, 3.8) is 0 Å². The van der Waals surface area contributed by atoms with E-state index in [0.29, 0.717) is 0 Å². The Morgan fingerprint density at radius 2 is 2.05 bits per heavy atom. The zero-order valence-electron chi connectivity index (χ0n) is 12.2. The lowest BCUT2D eigenvalue weighted by molar-refractivity contribution is -0.134. The van der Waals surface area contributed by atoms with Gasteiger partial charge >= 0.3 is 6.09 Å². The van der Waals surface area contributed by atoms with Crippen LogP contribution in [0.25, 0.3) is 0 Å². The molecule has 2 heterocycles. The number of carbonyl (C=O) groups is 2. The fourth-order valence-electron chi connectivity index (χ4n) is 2.66. The summed E-state index contributed by atoms with van der Waals surface area (Å²) in [5, 5.41) is 3.00. The van der Waals surface area contributed by atoms with Crippen LogP contribution in [0.5, 0.6) is 0 Å². The van der Waals surface area contributed by atoms with Gasteiger partial charge in [0.05, 0.1) is 5.54 Å². The quantitative estimate of drug-likeness (QED) is 0.838. The molecular formula is C15H16N2O4S. The van der Waals surface area contributed by atoms with Crippen molar-refractivity contribution in [3.05, 3.63) is 35.9 Å². The number of cyclic esters (lactones) is 1. The van der Waals surface area contributed by atoms with Crippen molar-refractivity contribution < 1.29 is 19.1 Å². The van der Waals surface area contributed by atoms with E-state index in [4.69, 9.17) is 21.7 Å². The normalized spacial score (nSPS) is 26.4. The average Bonchev–Trinajstić information content (AvgIpc) is 3.00. The number of benzene rings is 1. The third kappa shape index (κ3) is 2.41. The first-order valence-corrected chi connectivity index (χ1v) is 7.34. The largest absolute Gasteiger partial charge is 0.460 e. The fraction of sp³-hybridized carbons (Fsp3) is 0.400. The van der Waals surface area contributed by atoms with Crippen molar-refractivity contribution >= 4 is 29.4 Å². The Morgan fingerprint density at radius 1 is 1.36 bits per heavy atom. The molecular weight excluding hydrogens is 304 g/mol. The van der Waals surface area contributed by atoms with Crippen molar-refractivity contribution in [3.8, 4) is 0 Å². The molecule has 0 aliphatic carbocycles. The summed E-state index contributed by atoms with van der Waals surface area (Å²) in [5.74, 6) is -0.402. The van der Waals surface area contributed by atoms with Crippen LogP contribution in [0.4, 0.5) is 4.79 Å². The number of rotatable bonds is 2. The van der Waals surface area contributed by atoms with Gasteiger partial charge in [0, 0.05) is 0 Å². The Hall–Kier alpha value is -2.15. The standard InChI is InChI=1S/C15H16N2O4S/c1-15(2)8-20-14(19)17(15)12(18)10-11(21-13(22)16-10)9-6-4-3-5-7-9/h3-7,10-11H,8H2,1-2H3,(H,16,22)/t10-,11+/m1/s1. The molecule has 0 saturated carbocycles. The Labute approximate surface area is 133 Å². The maximum atomic E-state index is 12.8. The summed E-state index contributed by atoms with van der Waals surface area (Å²) >= 11 is 5.03. The highest BCUT2D eigenvalue weighted by molar-refractivity contribution is 7.80. The molecule has 2 aliphatic rings. The summed E-state index contributed by atoms with van der Waals surface area (Å²) in [6, 6.07) is 8.55. The number of ether oxygens (including phenoxy) is 2. The van der Waals surface area contributed by atoms with Gasteiger partial charge in [0.25, 0.3) is 11.1 Å². The van der Waals surface area contributed by atoms with Crippen LogP contribution in [0.2, 0.25) is 0 Å². The van der Waals surface area contributed by atoms with E-state index in [9.17, 15) is 9.59 Å². The van der Waals surface area contributed by atoms with Gasteiger partial charge in [-0.25, -0.2) is 9.69 Å². The van der Waals surface area contributed by atoms with E-state index in [2.05, 4.69) is 5.32 Å². The number of nitrogens with zero attached hydrogens (tertiary/aromatic N) is 1. The molecule has 2 saturated heterocycles. The summed E-state index contributed by atoms with van der Waals surface area (Å²) in [6.45, 7) is 3.73. The highest BCUT2D eigenvalue weighted by Gasteiger charge is 2.50. The van der Waals surface area contributed by atoms with Crippen LogP contribution < -0.4 is 5.32 Å². The van der Waals surface area contributed by atoms with Crippen LogP contribution in [-0.4, -0.2) is 40.3 Å². The predicted octanol–water partition coefficient (Wildman–Crippen LogP) is 1.76. The molecule has 0 bridgehead atoms. The average molecular weight is 320 g/mol. The molecule has 7 heteroatoms. The Bertz CT molecular complexity index is 632. The zero-order chi connectivity index (χ0) is 15.9. The van der Waals surface area contributed by atoms with Gasteiger partial charge in [-0.2, -0.15) is 0 Å². The number of carbonyl (C=O) groups excluding carboxylic acids is 2. The van der Waals surface area contributed by atoms with Gasteiger partial charge in [-0.05, 0) is 31.6 Å². The molecule has 6 nitrogen and oxygen atoms in total.